The predicted octanol–water partition coefficient (Wildman–Crippen LogP) is 6.11. The number of halogens is 2. The third kappa shape index (κ3) is 5.44. The molecule has 0 amide bonds. The first-order chi connectivity index (χ1) is 12.5. The summed E-state index contributed by atoms with van der Waals surface area (Å²) in [4.78, 5) is 4.60. The van der Waals surface area contributed by atoms with Crippen LogP contribution in [0.4, 0.5) is 5.69 Å². The van der Waals surface area contributed by atoms with E-state index in [1.807, 2.05) is 12.1 Å². The summed E-state index contributed by atoms with van der Waals surface area (Å²) in [6.07, 6.45) is 5.62. The molecule has 3 rings (SSSR count). The fraction of sp³-hybridized carbons (Fsp3) is 0.350. The molecule has 0 aromatic heterocycles. The number of nitrogens with zero attached hydrogens (tertiary/aromatic N) is 2. The van der Waals surface area contributed by atoms with E-state index < -0.39 is 0 Å². The van der Waals surface area contributed by atoms with Crippen molar-refractivity contribution < 1.29 is 4.74 Å². The number of hydrogen-bond acceptors (Lipinski definition) is 3. The van der Waals surface area contributed by atoms with Crippen molar-refractivity contribution in [2.24, 2.45) is 4.99 Å². The number of aryl methyl sites for hydroxylation is 2. The first-order valence-corrected chi connectivity index (χ1v) is 10.7. The minimum absolute atomic E-state index is 0.828. The van der Waals surface area contributed by atoms with Crippen LogP contribution in [0.15, 0.2) is 39.8 Å². The Bertz CT molecular complexity index is 784. The van der Waals surface area contributed by atoms with Crippen molar-refractivity contribution in [1.29, 1.82) is 0 Å². The van der Waals surface area contributed by atoms with Crippen LogP contribution in [0.25, 0.3) is 0 Å². The maximum Gasteiger partial charge on any atom is 0.130 e. The number of hydrazine groups is 1. The molecule has 1 saturated heterocycles. The fourth-order valence-corrected chi connectivity index (χ4v) is 4.48. The Morgan fingerprint density at radius 1 is 1.08 bits per heavy atom. The van der Waals surface area contributed by atoms with E-state index in [9.17, 15) is 0 Å². The van der Waals surface area contributed by atoms with Crippen LogP contribution in [0.5, 0.6) is 11.5 Å². The summed E-state index contributed by atoms with van der Waals surface area (Å²) in [7, 11) is 0. The van der Waals surface area contributed by atoms with Crippen LogP contribution < -0.4 is 10.2 Å². The number of piperidine rings is 1. The number of benzene rings is 2. The molecule has 0 bridgehead atoms. The molecular formula is C20H23BrIN3O. The zero-order valence-corrected chi connectivity index (χ0v) is 18.8. The van der Waals surface area contributed by atoms with Crippen molar-refractivity contribution in [3.8, 4) is 11.5 Å². The maximum absolute atomic E-state index is 6.10. The van der Waals surface area contributed by atoms with Gasteiger partial charge in [0.15, 0.2) is 0 Å². The second-order valence-corrected chi connectivity index (χ2v) is 8.71. The summed E-state index contributed by atoms with van der Waals surface area (Å²) in [6.45, 7) is 6.28. The van der Waals surface area contributed by atoms with Gasteiger partial charge in [0.25, 0.3) is 0 Å². The van der Waals surface area contributed by atoms with E-state index in [1.54, 1.807) is 6.34 Å². The molecular weight excluding hydrogens is 505 g/mol. The third-order valence-corrected chi connectivity index (χ3v) is 5.44. The number of aliphatic imine (C=N–C) groups is 1. The first kappa shape index (κ1) is 19.6. The summed E-state index contributed by atoms with van der Waals surface area (Å²) in [6, 6.07) is 10.2. The van der Waals surface area contributed by atoms with E-state index in [4.69, 9.17) is 4.74 Å². The molecule has 2 aromatic carbocycles. The molecule has 0 aliphatic carbocycles. The molecule has 0 spiro atoms. The van der Waals surface area contributed by atoms with Crippen molar-refractivity contribution in [2.75, 3.05) is 13.1 Å². The molecule has 138 valence electrons. The quantitative estimate of drug-likeness (QED) is 0.289. The van der Waals surface area contributed by atoms with Gasteiger partial charge in [0.2, 0.25) is 0 Å². The highest BCUT2D eigenvalue weighted by atomic mass is 127. The molecule has 0 radical (unpaired) electrons. The van der Waals surface area contributed by atoms with Crippen LogP contribution in [0.2, 0.25) is 0 Å². The van der Waals surface area contributed by atoms with Gasteiger partial charge in [0.1, 0.15) is 17.8 Å². The maximum atomic E-state index is 6.10. The molecule has 0 atom stereocenters. The Hall–Kier alpha value is -1.12. The zero-order chi connectivity index (χ0) is 18.5. The number of rotatable bonds is 5. The number of hydrogen-bond donors (Lipinski definition) is 1. The van der Waals surface area contributed by atoms with Crippen molar-refractivity contribution in [3.63, 3.8) is 0 Å². The monoisotopic (exact) mass is 527 g/mol. The van der Waals surface area contributed by atoms with E-state index >= 15 is 0 Å². The summed E-state index contributed by atoms with van der Waals surface area (Å²) in [5.74, 6) is 1.69. The van der Waals surface area contributed by atoms with Gasteiger partial charge < -0.3 is 10.2 Å². The Morgan fingerprint density at radius 3 is 2.58 bits per heavy atom. The lowest BCUT2D eigenvalue weighted by atomic mass is 10.1. The highest BCUT2D eigenvalue weighted by molar-refractivity contribution is 14.1. The van der Waals surface area contributed by atoms with Crippen LogP contribution in [0.3, 0.4) is 0 Å². The minimum atomic E-state index is 0.828. The summed E-state index contributed by atoms with van der Waals surface area (Å²) in [5, 5.41) is 2.22. The van der Waals surface area contributed by atoms with Gasteiger partial charge in [-0.05, 0) is 90.7 Å². The first-order valence-electron chi connectivity index (χ1n) is 8.80. The zero-order valence-electron chi connectivity index (χ0n) is 15.1. The Labute approximate surface area is 177 Å². The van der Waals surface area contributed by atoms with Crippen LogP contribution in [-0.4, -0.2) is 24.4 Å². The van der Waals surface area contributed by atoms with Crippen molar-refractivity contribution in [1.82, 2.24) is 10.4 Å². The summed E-state index contributed by atoms with van der Waals surface area (Å²) >= 11 is 5.81. The second-order valence-electron chi connectivity index (χ2n) is 6.55. The fourth-order valence-electron chi connectivity index (χ4n) is 2.94. The highest BCUT2D eigenvalue weighted by Gasteiger charge is 2.09. The van der Waals surface area contributed by atoms with E-state index in [0.29, 0.717) is 0 Å². The molecule has 1 fully saturated rings. The smallest absolute Gasteiger partial charge is 0.130 e. The van der Waals surface area contributed by atoms with Crippen molar-refractivity contribution in [2.45, 2.75) is 33.1 Å². The van der Waals surface area contributed by atoms with Gasteiger partial charge in [-0.25, -0.2) is 10.0 Å². The van der Waals surface area contributed by atoms with Crippen LogP contribution >= 0.6 is 38.5 Å². The molecule has 1 N–H and O–H groups in total. The predicted molar refractivity (Wildman–Crippen MR) is 120 cm³/mol. The molecule has 1 aliphatic heterocycles. The average Bonchev–Trinajstić information content (AvgIpc) is 2.59. The third-order valence-electron chi connectivity index (χ3n) is 4.36. The summed E-state index contributed by atoms with van der Waals surface area (Å²) < 4.78 is 8.24. The van der Waals surface area contributed by atoms with Gasteiger partial charge in [0, 0.05) is 21.1 Å². The lowest BCUT2D eigenvalue weighted by molar-refractivity contribution is 0.197. The molecule has 1 aliphatic rings. The van der Waals surface area contributed by atoms with E-state index in [0.717, 1.165) is 49.4 Å². The topological polar surface area (TPSA) is 36.9 Å². The van der Waals surface area contributed by atoms with E-state index in [-0.39, 0.29) is 0 Å². The van der Waals surface area contributed by atoms with Gasteiger partial charge in [-0.3, -0.25) is 0 Å². The number of ether oxygens (including phenoxy) is 1. The molecule has 6 heteroatoms. The van der Waals surface area contributed by atoms with E-state index in [2.05, 4.69) is 86.0 Å². The average molecular weight is 528 g/mol. The standard InChI is InChI=1S/C20H23BrIN3O/c1-14-9-20(26-18-11-16(21)10-17(22)12-18)15(2)8-19(14)23-13-24-25-6-4-3-5-7-25/h8-13H,3-7H2,1-2H3,(H,23,24). The lowest BCUT2D eigenvalue weighted by Crippen LogP contribution is -2.40. The van der Waals surface area contributed by atoms with Gasteiger partial charge >= 0.3 is 0 Å². The van der Waals surface area contributed by atoms with Crippen LogP contribution in [0.1, 0.15) is 30.4 Å². The van der Waals surface area contributed by atoms with Crippen LogP contribution in [-0.2, 0) is 0 Å². The Morgan fingerprint density at radius 2 is 1.85 bits per heavy atom. The molecule has 0 saturated carbocycles. The Kier molecular flexibility index (Phi) is 6.94. The van der Waals surface area contributed by atoms with Gasteiger partial charge in [-0.2, -0.15) is 0 Å². The highest BCUT2D eigenvalue weighted by Crippen LogP contribution is 2.33. The van der Waals surface area contributed by atoms with Crippen molar-refractivity contribution in [3.05, 3.63) is 49.5 Å². The van der Waals surface area contributed by atoms with Gasteiger partial charge in [0.05, 0.1) is 5.69 Å². The normalized spacial score (nSPS) is 15.4. The molecule has 1 heterocycles. The molecule has 4 nitrogen and oxygen atoms in total. The Balaban J connectivity index is 1.71. The molecule has 2 aromatic rings. The van der Waals surface area contributed by atoms with E-state index in [1.165, 1.54) is 19.3 Å². The molecule has 0 unspecified atom stereocenters. The van der Waals surface area contributed by atoms with Crippen molar-refractivity contribution >= 4 is 50.5 Å². The van der Waals surface area contributed by atoms with Gasteiger partial charge in [-0.1, -0.05) is 22.4 Å². The summed E-state index contributed by atoms with van der Waals surface area (Å²) in [5.41, 5.74) is 6.40. The number of nitrogens with one attached hydrogen (secondary N) is 1. The second kappa shape index (κ2) is 9.19. The minimum Gasteiger partial charge on any atom is -0.457 e. The van der Waals surface area contributed by atoms with Crippen LogP contribution in [0, 0.1) is 17.4 Å². The SMILES string of the molecule is Cc1cc(Oc2cc(Br)cc(I)c2)c(C)cc1/N=C/NN1CCCCC1. The van der Waals surface area contributed by atoms with Gasteiger partial charge in [-0.15, -0.1) is 0 Å². The molecule has 26 heavy (non-hydrogen) atoms. The largest absolute Gasteiger partial charge is 0.457 e. The lowest BCUT2D eigenvalue weighted by Gasteiger charge is -2.25.